The SMILES string of the molecule is O=C(CSc1nc(SCC(=O)c2ccc(-c3ccccc3)cc2)c2ccccc2n1)c1ccc(-c2ccccc2)cc1. The van der Waals surface area contributed by atoms with Gasteiger partial charge in [-0.3, -0.25) is 9.59 Å². The number of ketones is 2. The number of benzene rings is 5. The summed E-state index contributed by atoms with van der Waals surface area (Å²) in [5.74, 6) is 0.521. The molecule has 0 saturated heterocycles. The predicted octanol–water partition coefficient (Wildman–Crippen LogP) is 8.91. The first-order valence-corrected chi connectivity index (χ1v) is 15.5. The van der Waals surface area contributed by atoms with Crippen LogP contribution in [0.15, 0.2) is 144 Å². The minimum Gasteiger partial charge on any atom is -0.293 e. The van der Waals surface area contributed by atoms with Gasteiger partial charge < -0.3 is 0 Å². The Hall–Kier alpha value is -4.52. The van der Waals surface area contributed by atoms with E-state index in [1.807, 2.05) is 109 Å². The quantitative estimate of drug-likeness (QED) is 0.0696. The van der Waals surface area contributed by atoms with Crippen LogP contribution in [-0.2, 0) is 0 Å². The number of hydrogen-bond donors (Lipinski definition) is 0. The summed E-state index contributed by atoms with van der Waals surface area (Å²) in [5.41, 5.74) is 6.48. The Morgan fingerprint density at radius 1 is 0.476 bits per heavy atom. The van der Waals surface area contributed by atoms with Crippen LogP contribution in [0.1, 0.15) is 20.7 Å². The smallest absolute Gasteiger partial charge is 0.189 e. The minimum absolute atomic E-state index is 0.0136. The lowest BCUT2D eigenvalue weighted by Gasteiger charge is -2.09. The van der Waals surface area contributed by atoms with E-state index >= 15 is 0 Å². The highest BCUT2D eigenvalue weighted by Gasteiger charge is 2.14. The van der Waals surface area contributed by atoms with Crippen molar-refractivity contribution in [3.63, 3.8) is 0 Å². The molecule has 4 nitrogen and oxygen atoms in total. The summed E-state index contributed by atoms with van der Waals surface area (Å²) in [6.07, 6.45) is 0. The largest absolute Gasteiger partial charge is 0.293 e. The average Bonchev–Trinajstić information content (AvgIpc) is 3.07. The van der Waals surface area contributed by atoms with Gasteiger partial charge in [0.2, 0.25) is 0 Å². The molecule has 6 heteroatoms. The van der Waals surface area contributed by atoms with Crippen molar-refractivity contribution in [3.8, 4) is 22.3 Å². The Balaban J connectivity index is 1.13. The maximum Gasteiger partial charge on any atom is 0.189 e. The van der Waals surface area contributed by atoms with Gasteiger partial charge in [-0.25, -0.2) is 9.97 Å². The molecule has 0 atom stereocenters. The van der Waals surface area contributed by atoms with Crippen molar-refractivity contribution in [1.82, 2.24) is 9.97 Å². The van der Waals surface area contributed by atoms with Gasteiger partial charge in [0.1, 0.15) is 5.03 Å². The van der Waals surface area contributed by atoms with E-state index in [0.29, 0.717) is 16.3 Å². The first-order chi connectivity index (χ1) is 20.6. The van der Waals surface area contributed by atoms with Crippen molar-refractivity contribution in [2.45, 2.75) is 10.2 Å². The zero-order valence-electron chi connectivity index (χ0n) is 22.6. The highest BCUT2D eigenvalue weighted by molar-refractivity contribution is 8.00. The van der Waals surface area contributed by atoms with E-state index in [0.717, 1.165) is 38.2 Å². The molecular formula is C36H26N2O2S2. The molecule has 1 heterocycles. The Kier molecular flexibility index (Phi) is 8.54. The number of carbonyl (C=O) groups is 2. The summed E-state index contributed by atoms with van der Waals surface area (Å²) in [7, 11) is 0. The molecule has 0 amide bonds. The Morgan fingerprint density at radius 3 is 1.48 bits per heavy atom. The maximum absolute atomic E-state index is 13.1. The summed E-state index contributed by atoms with van der Waals surface area (Å²) in [6, 6.07) is 43.3. The van der Waals surface area contributed by atoms with Gasteiger partial charge in [0.05, 0.1) is 17.0 Å². The minimum atomic E-state index is 0.0136. The van der Waals surface area contributed by atoms with Crippen LogP contribution in [0.3, 0.4) is 0 Å². The molecule has 6 rings (SSSR count). The monoisotopic (exact) mass is 582 g/mol. The van der Waals surface area contributed by atoms with Crippen molar-refractivity contribution >= 4 is 46.0 Å². The summed E-state index contributed by atoms with van der Waals surface area (Å²) in [4.78, 5) is 35.5. The van der Waals surface area contributed by atoms with Crippen LogP contribution in [0.25, 0.3) is 33.2 Å². The third kappa shape index (κ3) is 6.51. The second-order valence-corrected chi connectivity index (χ2v) is 11.5. The van der Waals surface area contributed by atoms with Crippen LogP contribution in [-0.4, -0.2) is 33.0 Å². The molecule has 0 unspecified atom stereocenters. The van der Waals surface area contributed by atoms with Crippen LogP contribution < -0.4 is 0 Å². The van der Waals surface area contributed by atoms with Gasteiger partial charge in [-0.1, -0.05) is 151 Å². The fourth-order valence-electron chi connectivity index (χ4n) is 4.59. The Morgan fingerprint density at radius 2 is 0.929 bits per heavy atom. The number of para-hydroxylation sites is 1. The van der Waals surface area contributed by atoms with Gasteiger partial charge in [0, 0.05) is 16.5 Å². The van der Waals surface area contributed by atoms with E-state index in [-0.39, 0.29) is 23.1 Å². The standard InChI is InChI=1S/C36H26N2O2S2/c39-33(29-19-15-27(16-20-29)25-9-3-1-4-10-25)23-41-35-31-13-7-8-14-32(31)37-36(38-35)42-24-34(40)30-21-17-28(18-22-30)26-11-5-2-6-12-26/h1-22H,23-24H2. The van der Waals surface area contributed by atoms with Crippen molar-refractivity contribution in [2.24, 2.45) is 0 Å². The van der Waals surface area contributed by atoms with Crippen LogP contribution in [0.2, 0.25) is 0 Å². The van der Waals surface area contributed by atoms with E-state index in [2.05, 4.69) is 29.2 Å². The van der Waals surface area contributed by atoms with Crippen LogP contribution in [0.5, 0.6) is 0 Å². The number of hydrogen-bond acceptors (Lipinski definition) is 6. The Labute approximate surface area is 253 Å². The molecule has 0 aliphatic heterocycles. The van der Waals surface area contributed by atoms with Crippen molar-refractivity contribution in [3.05, 3.63) is 145 Å². The summed E-state index contributed by atoms with van der Waals surface area (Å²) in [6.45, 7) is 0. The van der Waals surface area contributed by atoms with Gasteiger partial charge in [0.25, 0.3) is 0 Å². The highest BCUT2D eigenvalue weighted by Crippen LogP contribution is 2.29. The molecule has 0 aliphatic rings. The molecule has 42 heavy (non-hydrogen) atoms. The Bertz CT molecular complexity index is 1840. The first-order valence-electron chi connectivity index (χ1n) is 13.5. The molecule has 0 N–H and O–H groups in total. The zero-order valence-corrected chi connectivity index (χ0v) is 24.3. The number of Topliss-reactive ketones (excluding diaryl/α,β-unsaturated/α-hetero) is 2. The van der Waals surface area contributed by atoms with Crippen molar-refractivity contribution in [1.29, 1.82) is 0 Å². The van der Waals surface area contributed by atoms with E-state index in [1.165, 1.54) is 23.5 Å². The van der Waals surface area contributed by atoms with Gasteiger partial charge in [-0.05, 0) is 28.3 Å². The lowest BCUT2D eigenvalue weighted by Crippen LogP contribution is -2.05. The molecule has 1 aromatic heterocycles. The molecule has 5 aromatic carbocycles. The van der Waals surface area contributed by atoms with E-state index in [9.17, 15) is 9.59 Å². The molecule has 0 bridgehead atoms. The summed E-state index contributed by atoms with van der Waals surface area (Å²) < 4.78 is 0. The lowest BCUT2D eigenvalue weighted by molar-refractivity contribution is 0.101. The third-order valence-corrected chi connectivity index (χ3v) is 8.69. The number of aromatic nitrogens is 2. The number of rotatable bonds is 10. The first kappa shape index (κ1) is 27.6. The number of nitrogens with zero attached hydrogens (tertiary/aromatic N) is 2. The number of fused-ring (bicyclic) bond motifs is 1. The van der Waals surface area contributed by atoms with Gasteiger partial charge in [0.15, 0.2) is 16.7 Å². The lowest BCUT2D eigenvalue weighted by atomic mass is 10.0. The summed E-state index contributed by atoms with van der Waals surface area (Å²) in [5, 5.41) is 2.14. The third-order valence-electron chi connectivity index (χ3n) is 6.85. The van der Waals surface area contributed by atoms with E-state index in [1.54, 1.807) is 0 Å². The predicted molar refractivity (Wildman–Crippen MR) is 173 cm³/mol. The van der Waals surface area contributed by atoms with Gasteiger partial charge in [-0.2, -0.15) is 0 Å². The fourth-order valence-corrected chi connectivity index (χ4v) is 6.31. The molecule has 0 fully saturated rings. The molecule has 0 radical (unpaired) electrons. The summed E-state index contributed by atoms with van der Waals surface area (Å²) >= 11 is 2.71. The van der Waals surface area contributed by atoms with Crippen LogP contribution in [0.4, 0.5) is 0 Å². The molecule has 0 spiro atoms. The van der Waals surface area contributed by atoms with Crippen LogP contribution >= 0.6 is 23.5 Å². The number of carbonyl (C=O) groups excluding carboxylic acids is 2. The topological polar surface area (TPSA) is 59.9 Å². The molecule has 0 aliphatic carbocycles. The van der Waals surface area contributed by atoms with Gasteiger partial charge in [-0.15, -0.1) is 0 Å². The van der Waals surface area contributed by atoms with Crippen molar-refractivity contribution in [2.75, 3.05) is 11.5 Å². The zero-order chi connectivity index (χ0) is 28.7. The molecule has 204 valence electrons. The highest BCUT2D eigenvalue weighted by atomic mass is 32.2. The molecular weight excluding hydrogens is 557 g/mol. The van der Waals surface area contributed by atoms with E-state index < -0.39 is 0 Å². The van der Waals surface area contributed by atoms with Crippen LogP contribution in [0, 0.1) is 0 Å². The fraction of sp³-hybridized carbons (Fsp3) is 0.0556. The second kappa shape index (κ2) is 13.0. The second-order valence-electron chi connectivity index (χ2n) is 9.64. The maximum atomic E-state index is 13.1. The number of thioether (sulfide) groups is 2. The van der Waals surface area contributed by atoms with Crippen molar-refractivity contribution < 1.29 is 9.59 Å². The normalized spacial score (nSPS) is 11.0. The molecule has 0 saturated carbocycles. The van der Waals surface area contributed by atoms with E-state index in [4.69, 9.17) is 4.98 Å². The van der Waals surface area contributed by atoms with Gasteiger partial charge >= 0.3 is 0 Å². The molecule has 6 aromatic rings. The average molecular weight is 583 g/mol.